The van der Waals surface area contributed by atoms with Gasteiger partial charge in [-0.2, -0.15) is 0 Å². The molecule has 0 bridgehead atoms. The number of rotatable bonds is 1. The summed E-state index contributed by atoms with van der Waals surface area (Å²) >= 11 is 2.32. The Morgan fingerprint density at radius 2 is 1.85 bits per heavy atom. The van der Waals surface area contributed by atoms with Crippen LogP contribution in [-0.2, 0) is 0 Å². The molecule has 0 saturated heterocycles. The molecule has 0 atom stereocenters. The normalized spacial score (nSPS) is 21.1. The van der Waals surface area contributed by atoms with Gasteiger partial charge in [-0.3, -0.25) is 0 Å². The number of hydrogen-bond donors (Lipinski definition) is 1. The van der Waals surface area contributed by atoms with E-state index < -0.39 is 0 Å². The average molecular weight is 285 g/mol. The zero-order chi connectivity index (χ0) is 9.26. The summed E-state index contributed by atoms with van der Waals surface area (Å²) in [5.74, 6) is 0. The van der Waals surface area contributed by atoms with Gasteiger partial charge in [-0.05, 0) is 53.1 Å². The quantitative estimate of drug-likeness (QED) is 0.789. The molecule has 1 aliphatic carbocycles. The van der Waals surface area contributed by atoms with Gasteiger partial charge in [-0.1, -0.05) is 23.8 Å². The lowest BCUT2D eigenvalue weighted by atomic mass is 9.86. The molecule has 1 aromatic rings. The van der Waals surface area contributed by atoms with Crippen LogP contribution in [0.25, 0.3) is 6.08 Å². The highest BCUT2D eigenvalue weighted by Crippen LogP contribution is 2.26. The second kappa shape index (κ2) is 3.80. The largest absolute Gasteiger partial charge is 0.327 e. The fourth-order valence-electron chi connectivity index (χ4n) is 1.53. The van der Waals surface area contributed by atoms with E-state index in [4.69, 9.17) is 5.73 Å². The molecule has 1 fully saturated rings. The molecule has 0 amide bonds. The highest BCUT2D eigenvalue weighted by Gasteiger charge is 2.17. The van der Waals surface area contributed by atoms with Crippen LogP contribution in [0.3, 0.4) is 0 Å². The molecular weight excluding hydrogens is 273 g/mol. The Labute approximate surface area is 92.2 Å². The lowest BCUT2D eigenvalue weighted by Gasteiger charge is -2.25. The van der Waals surface area contributed by atoms with Crippen LogP contribution in [0.15, 0.2) is 29.8 Å². The van der Waals surface area contributed by atoms with Gasteiger partial charge in [0.25, 0.3) is 0 Å². The molecule has 2 N–H and O–H groups in total. The van der Waals surface area contributed by atoms with E-state index in [0.717, 1.165) is 12.8 Å². The molecule has 0 aliphatic heterocycles. The molecular formula is C11H12IN. The summed E-state index contributed by atoms with van der Waals surface area (Å²) in [7, 11) is 0. The highest BCUT2D eigenvalue weighted by atomic mass is 127. The standard InChI is InChI=1S/C11H12IN/c12-10-3-1-8(2-4-10)5-9-6-11(13)7-9/h1-5,11H,6-7,13H2. The van der Waals surface area contributed by atoms with Crippen molar-refractivity contribution in [1.82, 2.24) is 0 Å². The van der Waals surface area contributed by atoms with Crippen LogP contribution < -0.4 is 5.73 Å². The lowest BCUT2D eigenvalue weighted by Crippen LogP contribution is -2.29. The fraction of sp³-hybridized carbons (Fsp3) is 0.273. The Morgan fingerprint density at radius 1 is 1.23 bits per heavy atom. The molecule has 2 rings (SSSR count). The van der Waals surface area contributed by atoms with Crippen molar-refractivity contribution in [2.24, 2.45) is 5.73 Å². The van der Waals surface area contributed by atoms with Gasteiger partial charge in [-0.25, -0.2) is 0 Å². The Balaban J connectivity index is 2.10. The van der Waals surface area contributed by atoms with Crippen molar-refractivity contribution in [3.63, 3.8) is 0 Å². The lowest BCUT2D eigenvalue weighted by molar-refractivity contribution is 0.547. The molecule has 1 nitrogen and oxygen atoms in total. The monoisotopic (exact) mass is 285 g/mol. The van der Waals surface area contributed by atoms with Crippen molar-refractivity contribution < 1.29 is 0 Å². The molecule has 1 aliphatic rings. The molecule has 13 heavy (non-hydrogen) atoms. The Morgan fingerprint density at radius 3 is 2.38 bits per heavy atom. The summed E-state index contributed by atoms with van der Waals surface area (Å²) in [6.07, 6.45) is 4.40. The van der Waals surface area contributed by atoms with E-state index >= 15 is 0 Å². The first-order valence-electron chi connectivity index (χ1n) is 4.44. The van der Waals surface area contributed by atoms with E-state index in [-0.39, 0.29) is 0 Å². The summed E-state index contributed by atoms with van der Waals surface area (Å²) in [6.45, 7) is 0. The number of halogens is 1. The first-order chi connectivity index (χ1) is 6.24. The van der Waals surface area contributed by atoms with E-state index in [1.54, 1.807) is 0 Å². The number of nitrogens with two attached hydrogens (primary N) is 1. The minimum absolute atomic E-state index is 0.412. The number of benzene rings is 1. The van der Waals surface area contributed by atoms with Crippen molar-refractivity contribution in [1.29, 1.82) is 0 Å². The van der Waals surface area contributed by atoms with Crippen LogP contribution in [0.2, 0.25) is 0 Å². The molecule has 2 heteroatoms. The van der Waals surface area contributed by atoms with Gasteiger partial charge in [0.1, 0.15) is 0 Å². The van der Waals surface area contributed by atoms with Gasteiger partial charge in [0.05, 0.1) is 0 Å². The van der Waals surface area contributed by atoms with Crippen LogP contribution in [0, 0.1) is 3.57 Å². The van der Waals surface area contributed by atoms with Crippen LogP contribution in [0.4, 0.5) is 0 Å². The smallest absolute Gasteiger partial charge is 0.0130 e. The van der Waals surface area contributed by atoms with Gasteiger partial charge in [0, 0.05) is 9.61 Å². The minimum atomic E-state index is 0.412. The van der Waals surface area contributed by atoms with Crippen molar-refractivity contribution >= 4 is 28.7 Å². The molecule has 0 unspecified atom stereocenters. The molecule has 0 heterocycles. The van der Waals surface area contributed by atoms with Crippen LogP contribution >= 0.6 is 22.6 Å². The SMILES string of the molecule is NC1CC(=Cc2ccc(I)cc2)C1. The van der Waals surface area contributed by atoms with E-state index in [2.05, 4.69) is 52.9 Å². The first-order valence-corrected chi connectivity index (χ1v) is 5.52. The predicted octanol–water partition coefficient (Wildman–Crippen LogP) is 2.80. The zero-order valence-electron chi connectivity index (χ0n) is 7.33. The predicted molar refractivity (Wildman–Crippen MR) is 64.3 cm³/mol. The first kappa shape index (κ1) is 9.21. The van der Waals surface area contributed by atoms with Crippen molar-refractivity contribution in [2.75, 3.05) is 0 Å². The minimum Gasteiger partial charge on any atom is -0.327 e. The van der Waals surface area contributed by atoms with Crippen molar-refractivity contribution in [3.05, 3.63) is 39.0 Å². The van der Waals surface area contributed by atoms with Gasteiger partial charge in [0.2, 0.25) is 0 Å². The maximum absolute atomic E-state index is 5.70. The number of hydrogen-bond acceptors (Lipinski definition) is 1. The second-order valence-corrected chi connectivity index (χ2v) is 4.77. The topological polar surface area (TPSA) is 26.0 Å². The summed E-state index contributed by atoms with van der Waals surface area (Å²) in [6, 6.07) is 8.98. The fourth-order valence-corrected chi connectivity index (χ4v) is 1.89. The Bertz CT molecular complexity index is 318. The average Bonchev–Trinajstić information content (AvgIpc) is 2.06. The third-order valence-corrected chi connectivity index (χ3v) is 3.01. The third kappa shape index (κ3) is 2.31. The maximum Gasteiger partial charge on any atom is 0.0130 e. The molecule has 0 aromatic heterocycles. The molecule has 1 aromatic carbocycles. The van der Waals surface area contributed by atoms with Gasteiger partial charge >= 0.3 is 0 Å². The summed E-state index contributed by atoms with van der Waals surface area (Å²) in [5.41, 5.74) is 8.48. The zero-order valence-corrected chi connectivity index (χ0v) is 9.49. The molecule has 1 saturated carbocycles. The summed E-state index contributed by atoms with van der Waals surface area (Å²) in [4.78, 5) is 0. The molecule has 68 valence electrons. The third-order valence-electron chi connectivity index (χ3n) is 2.29. The molecule has 0 radical (unpaired) electrons. The van der Waals surface area contributed by atoms with Crippen LogP contribution in [0.1, 0.15) is 18.4 Å². The Kier molecular flexibility index (Phi) is 2.69. The van der Waals surface area contributed by atoms with E-state index in [1.165, 1.54) is 14.7 Å². The van der Waals surface area contributed by atoms with E-state index in [0.29, 0.717) is 6.04 Å². The maximum atomic E-state index is 5.70. The van der Waals surface area contributed by atoms with Crippen LogP contribution in [0.5, 0.6) is 0 Å². The van der Waals surface area contributed by atoms with Gasteiger partial charge in [-0.15, -0.1) is 0 Å². The summed E-state index contributed by atoms with van der Waals surface area (Å²) in [5, 5.41) is 0. The Hall–Kier alpha value is -0.350. The van der Waals surface area contributed by atoms with Crippen molar-refractivity contribution in [2.45, 2.75) is 18.9 Å². The van der Waals surface area contributed by atoms with E-state index in [9.17, 15) is 0 Å². The second-order valence-electron chi connectivity index (χ2n) is 3.52. The van der Waals surface area contributed by atoms with Gasteiger partial charge in [0.15, 0.2) is 0 Å². The van der Waals surface area contributed by atoms with Crippen molar-refractivity contribution in [3.8, 4) is 0 Å². The van der Waals surface area contributed by atoms with Gasteiger partial charge < -0.3 is 5.73 Å². The summed E-state index contributed by atoms with van der Waals surface area (Å²) < 4.78 is 1.28. The molecule has 0 spiro atoms. The van der Waals surface area contributed by atoms with Crippen LogP contribution in [-0.4, -0.2) is 6.04 Å². The van der Waals surface area contributed by atoms with E-state index in [1.807, 2.05) is 0 Å². The highest BCUT2D eigenvalue weighted by molar-refractivity contribution is 14.1.